The van der Waals surface area contributed by atoms with Crippen molar-refractivity contribution in [1.82, 2.24) is 5.32 Å². The van der Waals surface area contributed by atoms with Crippen molar-refractivity contribution < 1.29 is 19.3 Å². The number of nitrogens with one attached hydrogen (secondary N) is 1. The fraction of sp³-hybridized carbons (Fsp3) is 0.600. The molecule has 1 aromatic carbocycles. The highest BCUT2D eigenvalue weighted by Crippen LogP contribution is 2.28. The summed E-state index contributed by atoms with van der Waals surface area (Å²) in [6.07, 6.45) is -0.278. The summed E-state index contributed by atoms with van der Waals surface area (Å²) in [4.78, 5) is 0. The molecule has 1 rings (SSSR count). The van der Waals surface area contributed by atoms with Gasteiger partial charge in [-0.1, -0.05) is 0 Å². The van der Waals surface area contributed by atoms with Crippen LogP contribution in [-0.2, 0) is 9.47 Å². The van der Waals surface area contributed by atoms with Crippen molar-refractivity contribution in [2.24, 2.45) is 0 Å². The Bertz CT molecular complexity index is 391. The van der Waals surface area contributed by atoms with Crippen LogP contribution in [0.15, 0.2) is 18.2 Å². The number of phenols is 1. The number of phenolic OH excluding ortho intramolecular Hbond substituents is 1. The maximum atomic E-state index is 9.91. The first-order chi connectivity index (χ1) is 9.62. The fourth-order valence-corrected chi connectivity index (χ4v) is 1.93. The molecule has 5 heteroatoms. The lowest BCUT2D eigenvalue weighted by molar-refractivity contribution is -0.133. The van der Waals surface area contributed by atoms with E-state index in [0.29, 0.717) is 19.8 Å². The zero-order valence-electron chi connectivity index (χ0n) is 12.7. The maximum absolute atomic E-state index is 9.91. The lowest BCUT2D eigenvalue weighted by Gasteiger charge is -2.21. The topological polar surface area (TPSA) is 60.0 Å². The van der Waals surface area contributed by atoms with Crippen LogP contribution in [0, 0.1) is 0 Å². The number of benzene rings is 1. The maximum Gasteiger partial charge on any atom is 0.169 e. The van der Waals surface area contributed by atoms with E-state index >= 15 is 0 Å². The molecular formula is C15H25NO4. The number of rotatable bonds is 9. The van der Waals surface area contributed by atoms with Gasteiger partial charge in [-0.05, 0) is 39.0 Å². The minimum absolute atomic E-state index is 0.0338. The number of hydrogen-bond acceptors (Lipinski definition) is 5. The van der Waals surface area contributed by atoms with Gasteiger partial charge in [0.15, 0.2) is 6.29 Å². The lowest BCUT2D eigenvalue weighted by Crippen LogP contribution is -2.33. The van der Waals surface area contributed by atoms with E-state index < -0.39 is 0 Å². The Hall–Kier alpha value is -1.30. The van der Waals surface area contributed by atoms with Crippen LogP contribution in [-0.4, -0.2) is 38.3 Å². The molecule has 0 heterocycles. The molecule has 0 spiro atoms. The molecule has 0 amide bonds. The highest BCUT2D eigenvalue weighted by Gasteiger charge is 2.14. The molecule has 0 saturated heterocycles. The number of hydrogen-bond donors (Lipinski definition) is 2. The summed E-state index contributed by atoms with van der Waals surface area (Å²) < 4.78 is 16.1. The van der Waals surface area contributed by atoms with Crippen LogP contribution in [0.3, 0.4) is 0 Å². The highest BCUT2D eigenvalue weighted by atomic mass is 16.7. The van der Waals surface area contributed by atoms with E-state index in [1.165, 1.54) is 0 Å². The Balaban J connectivity index is 2.63. The lowest BCUT2D eigenvalue weighted by atomic mass is 10.1. The van der Waals surface area contributed by atoms with Crippen molar-refractivity contribution in [3.63, 3.8) is 0 Å². The second-order valence-corrected chi connectivity index (χ2v) is 4.39. The second-order valence-electron chi connectivity index (χ2n) is 4.39. The summed E-state index contributed by atoms with van der Waals surface area (Å²) in [6, 6.07) is 5.15. The van der Waals surface area contributed by atoms with E-state index in [0.717, 1.165) is 11.3 Å². The van der Waals surface area contributed by atoms with Gasteiger partial charge in [-0.25, -0.2) is 0 Å². The normalized spacial score (nSPS) is 12.7. The average molecular weight is 283 g/mol. The Morgan fingerprint density at radius 3 is 2.40 bits per heavy atom. The molecule has 0 aliphatic carbocycles. The number of aromatic hydroxyl groups is 1. The van der Waals surface area contributed by atoms with Crippen LogP contribution in [0.4, 0.5) is 0 Å². The van der Waals surface area contributed by atoms with Crippen LogP contribution < -0.4 is 10.1 Å². The number of ether oxygens (including phenoxy) is 3. The monoisotopic (exact) mass is 283 g/mol. The predicted octanol–water partition coefficient (Wildman–Crippen LogP) is 2.45. The van der Waals surface area contributed by atoms with Gasteiger partial charge in [0.25, 0.3) is 0 Å². The average Bonchev–Trinajstić information content (AvgIpc) is 2.45. The third-order valence-electron chi connectivity index (χ3n) is 3.00. The fourth-order valence-electron chi connectivity index (χ4n) is 1.93. The largest absolute Gasteiger partial charge is 0.508 e. The molecule has 0 aromatic heterocycles. The van der Waals surface area contributed by atoms with E-state index in [1.54, 1.807) is 19.2 Å². The van der Waals surface area contributed by atoms with Gasteiger partial charge in [0.05, 0.1) is 7.11 Å². The first-order valence-electron chi connectivity index (χ1n) is 6.95. The second kappa shape index (κ2) is 8.79. The Morgan fingerprint density at radius 1 is 1.20 bits per heavy atom. The molecule has 5 nitrogen and oxygen atoms in total. The minimum Gasteiger partial charge on any atom is -0.508 e. The van der Waals surface area contributed by atoms with Gasteiger partial charge < -0.3 is 24.6 Å². The molecule has 20 heavy (non-hydrogen) atoms. The van der Waals surface area contributed by atoms with E-state index in [9.17, 15) is 5.11 Å². The quantitative estimate of drug-likeness (QED) is 0.682. The van der Waals surface area contributed by atoms with Gasteiger partial charge in [-0.3, -0.25) is 0 Å². The molecule has 0 aliphatic heterocycles. The van der Waals surface area contributed by atoms with E-state index in [4.69, 9.17) is 14.2 Å². The van der Waals surface area contributed by atoms with Gasteiger partial charge in [0, 0.05) is 31.4 Å². The van der Waals surface area contributed by atoms with Crippen LogP contribution in [0.1, 0.15) is 32.4 Å². The first-order valence-corrected chi connectivity index (χ1v) is 6.95. The standard InChI is InChI=1S/C15H25NO4/c1-5-19-15(20-6-2)10-16-11(3)13-9-12(18-4)7-8-14(13)17/h7-9,11,15-17H,5-6,10H2,1-4H3. The molecule has 0 fully saturated rings. The third kappa shape index (κ3) is 5.00. The molecule has 2 N–H and O–H groups in total. The first kappa shape index (κ1) is 16.8. The molecular weight excluding hydrogens is 258 g/mol. The van der Waals surface area contributed by atoms with Crippen molar-refractivity contribution in [1.29, 1.82) is 0 Å². The van der Waals surface area contributed by atoms with Gasteiger partial charge in [-0.2, -0.15) is 0 Å². The third-order valence-corrected chi connectivity index (χ3v) is 3.00. The van der Waals surface area contributed by atoms with Crippen molar-refractivity contribution in [2.45, 2.75) is 33.1 Å². The van der Waals surface area contributed by atoms with Crippen molar-refractivity contribution in [3.8, 4) is 11.5 Å². The van der Waals surface area contributed by atoms with Gasteiger partial charge in [0.2, 0.25) is 0 Å². The van der Waals surface area contributed by atoms with E-state index in [-0.39, 0.29) is 18.1 Å². The molecule has 1 unspecified atom stereocenters. The van der Waals surface area contributed by atoms with Gasteiger partial charge >= 0.3 is 0 Å². The molecule has 1 atom stereocenters. The number of methoxy groups -OCH3 is 1. The van der Waals surface area contributed by atoms with Gasteiger partial charge in [-0.15, -0.1) is 0 Å². The molecule has 0 radical (unpaired) electrons. The Labute approximate surface area is 120 Å². The predicted molar refractivity (Wildman–Crippen MR) is 78.1 cm³/mol. The zero-order chi connectivity index (χ0) is 15.0. The SMILES string of the molecule is CCOC(CNC(C)c1cc(OC)ccc1O)OCC. The smallest absolute Gasteiger partial charge is 0.169 e. The van der Waals surface area contributed by atoms with Crippen LogP contribution in [0.5, 0.6) is 11.5 Å². The molecule has 0 bridgehead atoms. The van der Waals surface area contributed by atoms with Crippen molar-refractivity contribution in [3.05, 3.63) is 23.8 Å². The molecule has 1 aromatic rings. The molecule has 114 valence electrons. The van der Waals surface area contributed by atoms with Crippen molar-refractivity contribution in [2.75, 3.05) is 26.9 Å². The summed E-state index contributed by atoms with van der Waals surface area (Å²) in [5, 5.41) is 13.2. The van der Waals surface area contributed by atoms with Crippen LogP contribution in [0.25, 0.3) is 0 Å². The molecule has 0 saturated carbocycles. The Morgan fingerprint density at radius 2 is 1.85 bits per heavy atom. The van der Waals surface area contributed by atoms with E-state index in [1.807, 2.05) is 26.8 Å². The van der Waals surface area contributed by atoms with Crippen molar-refractivity contribution >= 4 is 0 Å². The summed E-state index contributed by atoms with van der Waals surface area (Å²) in [6.45, 7) is 7.60. The zero-order valence-corrected chi connectivity index (χ0v) is 12.7. The minimum atomic E-state index is -0.278. The van der Waals surface area contributed by atoms with Gasteiger partial charge in [0.1, 0.15) is 11.5 Å². The summed E-state index contributed by atoms with van der Waals surface area (Å²) in [5.74, 6) is 0.966. The van der Waals surface area contributed by atoms with Crippen LogP contribution >= 0.6 is 0 Å². The van der Waals surface area contributed by atoms with Crippen LogP contribution in [0.2, 0.25) is 0 Å². The summed E-state index contributed by atoms with van der Waals surface area (Å²) in [5.41, 5.74) is 0.788. The van der Waals surface area contributed by atoms with E-state index in [2.05, 4.69) is 5.32 Å². The highest BCUT2D eigenvalue weighted by molar-refractivity contribution is 5.41. The summed E-state index contributed by atoms with van der Waals surface area (Å²) >= 11 is 0. The Kier molecular flexibility index (Phi) is 7.36. The summed E-state index contributed by atoms with van der Waals surface area (Å²) in [7, 11) is 1.61. The molecule has 0 aliphatic rings.